The van der Waals surface area contributed by atoms with E-state index in [0.717, 1.165) is 16.2 Å². The summed E-state index contributed by atoms with van der Waals surface area (Å²) in [6, 6.07) is -0.988. The van der Waals surface area contributed by atoms with Crippen molar-refractivity contribution in [3.63, 3.8) is 0 Å². The molecule has 0 unspecified atom stereocenters. The molecule has 1 fully saturated rings. The third kappa shape index (κ3) is 4.04. The van der Waals surface area contributed by atoms with Crippen LogP contribution in [0.15, 0.2) is 21.8 Å². The Morgan fingerprint density at radius 1 is 1.55 bits per heavy atom. The van der Waals surface area contributed by atoms with E-state index >= 15 is 0 Å². The van der Waals surface area contributed by atoms with Crippen molar-refractivity contribution in [2.24, 2.45) is 5.16 Å². The number of carboxylic acid groups (broad SMARTS) is 1. The number of nitrogens with two attached hydrogens (primary N) is 1. The lowest BCUT2D eigenvalue weighted by molar-refractivity contribution is -0.150. The van der Waals surface area contributed by atoms with Gasteiger partial charge in [0.15, 0.2) is 10.8 Å². The minimum Gasteiger partial charge on any atom is -0.477 e. The third-order valence-corrected chi connectivity index (χ3v) is 6.05. The topological polar surface area (TPSA) is 156 Å². The molecule has 0 bridgehead atoms. The second-order valence-corrected chi connectivity index (χ2v) is 7.80. The van der Waals surface area contributed by atoms with Crippen molar-refractivity contribution in [1.29, 1.82) is 0 Å². The van der Waals surface area contributed by atoms with Crippen LogP contribution in [0.5, 0.6) is 0 Å². The van der Waals surface area contributed by atoms with Crippen molar-refractivity contribution in [2.45, 2.75) is 11.4 Å². The van der Waals surface area contributed by atoms with Gasteiger partial charge in [0.2, 0.25) is 0 Å². The molecule has 2 aliphatic rings. The molecule has 11 nitrogen and oxygen atoms in total. The fourth-order valence-corrected chi connectivity index (χ4v) is 4.74. The molecule has 0 spiro atoms. The van der Waals surface area contributed by atoms with Crippen LogP contribution in [0, 0.1) is 0 Å². The van der Waals surface area contributed by atoms with E-state index in [4.69, 9.17) is 10.5 Å². The number of carbonyl (C=O) groups excluding carboxylic acids is 2. The number of aromatic nitrogens is 1. The first-order valence-electron chi connectivity index (χ1n) is 8.06. The van der Waals surface area contributed by atoms with E-state index in [1.165, 1.54) is 24.3 Å². The normalized spacial score (nSPS) is 21.5. The van der Waals surface area contributed by atoms with Crippen molar-refractivity contribution in [3.8, 4) is 0 Å². The summed E-state index contributed by atoms with van der Waals surface area (Å²) in [4.78, 5) is 46.2. The Balaban J connectivity index is 1.79. The van der Waals surface area contributed by atoms with Gasteiger partial charge in [0.05, 0.1) is 6.61 Å². The zero-order valence-corrected chi connectivity index (χ0v) is 16.6. The van der Waals surface area contributed by atoms with Gasteiger partial charge in [0.25, 0.3) is 18.7 Å². The lowest BCUT2D eigenvalue weighted by Gasteiger charge is -2.49. The Labute approximate surface area is 171 Å². The van der Waals surface area contributed by atoms with E-state index in [2.05, 4.69) is 20.3 Å². The number of thiazole rings is 1. The van der Waals surface area contributed by atoms with Gasteiger partial charge in [-0.3, -0.25) is 14.5 Å². The zero-order chi connectivity index (χ0) is 21.1. The number of nitrogen functional groups attached to an aromatic ring is 1. The summed E-state index contributed by atoms with van der Waals surface area (Å²) in [6.45, 7) is -1.19. The lowest BCUT2D eigenvalue weighted by atomic mass is 10.0. The van der Waals surface area contributed by atoms with Gasteiger partial charge in [-0.25, -0.2) is 14.2 Å². The zero-order valence-electron chi connectivity index (χ0n) is 15.0. The molecule has 156 valence electrons. The SMILES string of the molecule is COCC1=C(C(=O)O)N2C(=O)[C@@H](NC(=O)C(=NOCF)c3csc(N)n3)[C@H]2SC1. The molecular formula is C15H16FN5O6S2. The molecule has 1 aromatic rings. The molecule has 4 N–H and O–H groups in total. The summed E-state index contributed by atoms with van der Waals surface area (Å²) in [5, 5.41) is 16.4. The first-order valence-corrected chi connectivity index (χ1v) is 9.99. The number of carboxylic acids is 1. The van der Waals surface area contributed by atoms with E-state index in [1.807, 2.05) is 0 Å². The molecule has 1 saturated heterocycles. The summed E-state index contributed by atoms with van der Waals surface area (Å²) in [7, 11) is 1.43. The Morgan fingerprint density at radius 2 is 2.31 bits per heavy atom. The van der Waals surface area contributed by atoms with Crippen LogP contribution in [0.3, 0.4) is 0 Å². The number of nitrogens with one attached hydrogen (secondary N) is 1. The van der Waals surface area contributed by atoms with Crippen LogP contribution in [0.2, 0.25) is 0 Å². The molecule has 2 aliphatic heterocycles. The molecule has 29 heavy (non-hydrogen) atoms. The number of amides is 2. The van der Waals surface area contributed by atoms with Gasteiger partial charge in [-0.1, -0.05) is 5.16 Å². The highest BCUT2D eigenvalue weighted by Crippen LogP contribution is 2.40. The first-order chi connectivity index (χ1) is 13.9. The van der Waals surface area contributed by atoms with Crippen molar-refractivity contribution in [3.05, 3.63) is 22.3 Å². The molecule has 14 heteroatoms. The summed E-state index contributed by atoms with van der Waals surface area (Å²) in [6.07, 6.45) is 0. The van der Waals surface area contributed by atoms with Crippen LogP contribution < -0.4 is 11.1 Å². The number of carbonyl (C=O) groups is 3. The lowest BCUT2D eigenvalue weighted by Crippen LogP contribution is -2.71. The third-order valence-electron chi connectivity index (χ3n) is 4.04. The molecule has 0 radical (unpaired) electrons. The maximum Gasteiger partial charge on any atom is 0.352 e. The Morgan fingerprint density at radius 3 is 2.90 bits per heavy atom. The maximum absolute atomic E-state index is 12.6. The molecule has 2 amide bonds. The van der Waals surface area contributed by atoms with Crippen molar-refractivity contribution >= 4 is 51.7 Å². The summed E-state index contributed by atoms with van der Waals surface area (Å²) < 4.78 is 17.3. The number of thioether (sulfide) groups is 1. The summed E-state index contributed by atoms with van der Waals surface area (Å²) >= 11 is 2.33. The number of ether oxygens (including phenoxy) is 1. The van der Waals surface area contributed by atoms with E-state index in [-0.39, 0.29) is 28.8 Å². The molecule has 2 atom stereocenters. The monoisotopic (exact) mass is 445 g/mol. The number of methoxy groups -OCH3 is 1. The minimum absolute atomic E-state index is 0.0619. The van der Waals surface area contributed by atoms with Gasteiger partial charge in [-0.2, -0.15) is 0 Å². The Bertz CT molecular complexity index is 904. The average Bonchev–Trinajstić information content (AvgIpc) is 3.12. The number of hydrogen-bond donors (Lipinski definition) is 3. The largest absolute Gasteiger partial charge is 0.477 e. The van der Waals surface area contributed by atoms with Gasteiger partial charge in [-0.05, 0) is 5.57 Å². The molecule has 1 aromatic heterocycles. The highest BCUT2D eigenvalue weighted by Gasteiger charge is 2.54. The predicted octanol–water partition coefficient (Wildman–Crippen LogP) is -0.242. The highest BCUT2D eigenvalue weighted by atomic mass is 32.2. The van der Waals surface area contributed by atoms with E-state index < -0.39 is 36.1 Å². The second-order valence-electron chi connectivity index (χ2n) is 5.80. The maximum atomic E-state index is 12.6. The number of nitrogens with zero attached hydrogens (tertiary/aromatic N) is 3. The van der Waals surface area contributed by atoms with Crippen LogP contribution in [0.1, 0.15) is 5.69 Å². The second kappa shape index (κ2) is 8.75. The number of rotatable bonds is 8. The smallest absolute Gasteiger partial charge is 0.352 e. The number of β-lactam (4-membered cyclic amide) rings is 1. The van der Waals surface area contributed by atoms with Gasteiger partial charge in [0.1, 0.15) is 22.8 Å². The molecule has 0 aromatic carbocycles. The van der Waals surface area contributed by atoms with E-state index in [9.17, 15) is 23.9 Å². The number of hydrogen-bond acceptors (Lipinski definition) is 10. The van der Waals surface area contributed by atoms with Crippen LogP contribution >= 0.6 is 23.1 Å². The van der Waals surface area contributed by atoms with E-state index in [0.29, 0.717) is 11.3 Å². The van der Waals surface area contributed by atoms with Gasteiger partial charge in [0, 0.05) is 18.2 Å². The Kier molecular flexibility index (Phi) is 6.34. The van der Waals surface area contributed by atoms with Crippen molar-refractivity contribution in [2.75, 3.05) is 32.1 Å². The molecular weight excluding hydrogens is 429 g/mol. The highest BCUT2D eigenvalue weighted by molar-refractivity contribution is 8.00. The van der Waals surface area contributed by atoms with Crippen molar-refractivity contribution < 1.29 is 33.5 Å². The standard InChI is InChI=1S/C15H16FN5O6S2/c1-26-2-6-3-28-13-9(12(23)21(13)10(6)14(24)25)19-11(22)8(20-27-5-16)7-4-29-15(17)18-7/h4,9,13H,2-3,5H2,1H3,(H2,17,18)(H,19,22)(H,24,25)/t9-,13-/m1/s1. The van der Waals surface area contributed by atoms with Gasteiger partial charge >= 0.3 is 5.97 Å². The quantitative estimate of drug-likeness (QED) is 0.279. The number of fused-ring (bicyclic) bond motifs is 1. The fourth-order valence-electron chi connectivity index (χ4n) is 2.87. The van der Waals surface area contributed by atoms with Crippen molar-refractivity contribution in [1.82, 2.24) is 15.2 Å². The van der Waals surface area contributed by atoms with E-state index in [1.54, 1.807) is 0 Å². The predicted molar refractivity (Wildman–Crippen MR) is 102 cm³/mol. The summed E-state index contributed by atoms with van der Waals surface area (Å²) in [5.74, 6) is -2.35. The Hall–Kier alpha value is -2.71. The minimum atomic E-state index is -1.26. The molecule has 0 aliphatic carbocycles. The molecule has 0 saturated carbocycles. The van der Waals surface area contributed by atoms with Gasteiger partial charge < -0.3 is 25.7 Å². The number of oxime groups is 1. The number of alkyl halides is 1. The van der Waals surface area contributed by atoms with Crippen LogP contribution in [-0.2, 0) is 24.0 Å². The molecule has 3 rings (SSSR count). The fraction of sp³-hybridized carbons (Fsp3) is 0.400. The van der Waals surface area contributed by atoms with Crippen LogP contribution in [0.25, 0.3) is 0 Å². The summed E-state index contributed by atoms with van der Waals surface area (Å²) in [5.41, 5.74) is 5.58. The van der Waals surface area contributed by atoms with Gasteiger partial charge in [-0.15, -0.1) is 23.1 Å². The number of halogens is 1. The number of aliphatic carboxylic acids is 1. The average molecular weight is 445 g/mol. The van der Waals surface area contributed by atoms with Crippen LogP contribution in [0.4, 0.5) is 9.52 Å². The van der Waals surface area contributed by atoms with Crippen LogP contribution in [-0.4, -0.2) is 76.2 Å². The first kappa shape index (κ1) is 21.0. The molecule has 3 heterocycles. The number of anilines is 1.